The molecule has 0 atom stereocenters. The lowest BCUT2D eigenvalue weighted by molar-refractivity contribution is -0.132. The van der Waals surface area contributed by atoms with Crippen LogP contribution in [-0.4, -0.2) is 21.9 Å². The molecular weight excluding hydrogens is 468 g/mol. The van der Waals surface area contributed by atoms with Gasteiger partial charge in [0.15, 0.2) is 0 Å². The van der Waals surface area contributed by atoms with Crippen LogP contribution < -0.4 is 14.2 Å². The fraction of sp³-hybridized carbons (Fsp3) is 0.333. The number of pyridine rings is 2. The minimum Gasteiger partial charge on any atom is -0.457 e. The van der Waals surface area contributed by atoms with Crippen molar-refractivity contribution >= 4 is 33.7 Å². The summed E-state index contributed by atoms with van der Waals surface area (Å²) in [7, 11) is 0. The summed E-state index contributed by atoms with van der Waals surface area (Å²) in [6.45, 7) is 14.6. The fourth-order valence-electron chi connectivity index (χ4n) is 4.60. The number of carbonyl (C=O) groups is 2. The van der Waals surface area contributed by atoms with Crippen molar-refractivity contribution in [3.8, 4) is 23.0 Å². The Hall–Kier alpha value is -4.00. The van der Waals surface area contributed by atoms with E-state index in [1.165, 1.54) is 13.8 Å². The van der Waals surface area contributed by atoms with Gasteiger partial charge in [-0.15, -0.1) is 0 Å². The van der Waals surface area contributed by atoms with E-state index in [0.717, 1.165) is 57.5 Å². The van der Waals surface area contributed by atoms with Gasteiger partial charge in [0.05, 0.1) is 11.0 Å². The first kappa shape index (κ1) is 26.1. The molecule has 4 rings (SSSR count). The zero-order valence-electron chi connectivity index (χ0n) is 22.7. The zero-order valence-corrected chi connectivity index (χ0v) is 22.7. The summed E-state index contributed by atoms with van der Waals surface area (Å²) in [6.07, 6.45) is 1.45. The van der Waals surface area contributed by atoms with E-state index >= 15 is 0 Å². The molecule has 0 fully saturated rings. The predicted octanol–water partition coefficient (Wildman–Crippen LogP) is 6.78. The van der Waals surface area contributed by atoms with Crippen molar-refractivity contribution in [3.63, 3.8) is 0 Å². The molecule has 0 radical (unpaired) electrons. The molecule has 37 heavy (non-hydrogen) atoms. The molecule has 0 saturated heterocycles. The van der Waals surface area contributed by atoms with Crippen LogP contribution in [0.5, 0.6) is 23.0 Å². The number of ether oxygens (including phenoxy) is 3. The highest BCUT2D eigenvalue weighted by molar-refractivity contribution is 5.92. The second kappa shape index (κ2) is 10.2. The molecule has 2 aromatic heterocycles. The van der Waals surface area contributed by atoms with E-state index in [9.17, 15) is 9.59 Å². The molecular formula is C30H32N2O5. The van der Waals surface area contributed by atoms with Gasteiger partial charge < -0.3 is 14.2 Å². The van der Waals surface area contributed by atoms with Crippen LogP contribution in [0.3, 0.4) is 0 Å². The Morgan fingerprint density at radius 3 is 1.38 bits per heavy atom. The van der Waals surface area contributed by atoms with Crippen molar-refractivity contribution < 1.29 is 23.8 Å². The smallest absolute Gasteiger partial charge is 0.308 e. The summed E-state index contributed by atoms with van der Waals surface area (Å²) in [5, 5.41) is 1.41. The molecule has 4 aromatic rings. The Balaban J connectivity index is 1.90. The minimum absolute atomic E-state index is 0.390. The van der Waals surface area contributed by atoms with Gasteiger partial charge in [0.25, 0.3) is 0 Å². The summed E-state index contributed by atoms with van der Waals surface area (Å²) in [5.74, 6) is 1.43. The molecule has 2 heterocycles. The molecule has 0 bridgehead atoms. The van der Waals surface area contributed by atoms with Crippen LogP contribution in [0.15, 0.2) is 24.3 Å². The van der Waals surface area contributed by atoms with Gasteiger partial charge in [-0.3, -0.25) is 19.6 Å². The maximum atomic E-state index is 11.9. The molecule has 0 saturated carbocycles. The van der Waals surface area contributed by atoms with Crippen LogP contribution in [0.4, 0.5) is 0 Å². The topological polar surface area (TPSA) is 87.6 Å². The normalized spacial score (nSPS) is 11.1. The standard InChI is InChI=1S/C30H32N2O5/c1-9-23-17(5)29(35-19(7)33)21-13-27(15(3)11-25(21)31-23)37-28-14-22-26(12-16(28)4)32-24(10-2)18(6)30(22)36-20(8)34/h11-14H,9-10H2,1-8H3. The van der Waals surface area contributed by atoms with Crippen molar-refractivity contribution in [1.29, 1.82) is 0 Å². The first-order valence-electron chi connectivity index (χ1n) is 12.5. The van der Waals surface area contributed by atoms with E-state index in [-0.39, 0.29) is 0 Å². The van der Waals surface area contributed by atoms with E-state index in [4.69, 9.17) is 24.2 Å². The van der Waals surface area contributed by atoms with Gasteiger partial charge in [0.1, 0.15) is 23.0 Å². The summed E-state index contributed by atoms with van der Waals surface area (Å²) < 4.78 is 17.7. The number of nitrogens with zero attached hydrogens (tertiary/aromatic N) is 2. The van der Waals surface area contributed by atoms with Gasteiger partial charge in [-0.2, -0.15) is 0 Å². The highest BCUT2D eigenvalue weighted by Gasteiger charge is 2.19. The number of aromatic nitrogens is 2. The molecule has 7 nitrogen and oxygen atoms in total. The summed E-state index contributed by atoms with van der Waals surface area (Å²) in [5.41, 5.74) is 6.68. The number of carbonyl (C=O) groups excluding carboxylic acids is 2. The second-order valence-electron chi connectivity index (χ2n) is 9.29. The molecule has 0 amide bonds. The minimum atomic E-state index is -0.390. The lowest BCUT2D eigenvalue weighted by atomic mass is 10.0. The van der Waals surface area contributed by atoms with Crippen LogP contribution in [0.1, 0.15) is 61.3 Å². The molecule has 0 spiro atoms. The van der Waals surface area contributed by atoms with E-state index in [0.29, 0.717) is 33.8 Å². The Labute approximate surface area is 216 Å². The van der Waals surface area contributed by atoms with Crippen molar-refractivity contribution in [2.24, 2.45) is 0 Å². The number of esters is 2. The molecule has 0 aliphatic rings. The average Bonchev–Trinajstić information content (AvgIpc) is 2.83. The molecule has 7 heteroatoms. The third kappa shape index (κ3) is 4.99. The number of fused-ring (bicyclic) bond motifs is 2. The molecule has 0 N–H and O–H groups in total. The number of benzene rings is 2. The first-order chi connectivity index (χ1) is 17.5. The zero-order chi connectivity index (χ0) is 27.0. The first-order valence-corrected chi connectivity index (χ1v) is 12.5. The Morgan fingerprint density at radius 1 is 0.676 bits per heavy atom. The van der Waals surface area contributed by atoms with Crippen molar-refractivity contribution in [2.45, 2.75) is 68.2 Å². The molecule has 0 aliphatic heterocycles. The SMILES string of the molecule is CCc1nc2cc(C)c(Oc3cc4c(OC(C)=O)c(C)c(CC)nc4cc3C)cc2c(OC(C)=O)c1C. The molecule has 0 unspecified atom stereocenters. The number of hydrogen-bond donors (Lipinski definition) is 0. The highest BCUT2D eigenvalue weighted by atomic mass is 16.5. The lowest BCUT2D eigenvalue weighted by Crippen LogP contribution is -2.07. The third-order valence-electron chi connectivity index (χ3n) is 6.51. The monoisotopic (exact) mass is 500 g/mol. The van der Waals surface area contributed by atoms with Crippen LogP contribution in [0.25, 0.3) is 21.8 Å². The van der Waals surface area contributed by atoms with E-state index in [2.05, 4.69) is 0 Å². The van der Waals surface area contributed by atoms with E-state index < -0.39 is 11.9 Å². The predicted molar refractivity (Wildman–Crippen MR) is 144 cm³/mol. The summed E-state index contributed by atoms with van der Waals surface area (Å²) in [6, 6.07) is 7.61. The Morgan fingerprint density at radius 2 is 1.05 bits per heavy atom. The van der Waals surface area contributed by atoms with Gasteiger partial charge in [-0.1, -0.05) is 13.8 Å². The van der Waals surface area contributed by atoms with Crippen molar-refractivity contribution in [3.05, 3.63) is 57.9 Å². The van der Waals surface area contributed by atoms with E-state index in [1.807, 2.05) is 65.8 Å². The summed E-state index contributed by atoms with van der Waals surface area (Å²) in [4.78, 5) is 33.4. The largest absolute Gasteiger partial charge is 0.457 e. The number of aryl methyl sites for hydroxylation is 4. The summed E-state index contributed by atoms with van der Waals surface area (Å²) >= 11 is 0. The van der Waals surface area contributed by atoms with Gasteiger partial charge >= 0.3 is 11.9 Å². The van der Waals surface area contributed by atoms with Crippen molar-refractivity contribution in [1.82, 2.24) is 9.97 Å². The Kier molecular flexibility index (Phi) is 7.16. The Bertz CT molecular complexity index is 1460. The van der Waals surface area contributed by atoms with Gasteiger partial charge in [-0.05, 0) is 75.9 Å². The van der Waals surface area contributed by atoms with Crippen LogP contribution in [-0.2, 0) is 22.4 Å². The lowest BCUT2D eigenvalue weighted by Gasteiger charge is -2.18. The number of rotatable bonds is 6. The van der Waals surface area contributed by atoms with Gasteiger partial charge in [0, 0.05) is 47.1 Å². The molecule has 0 aliphatic carbocycles. The third-order valence-corrected chi connectivity index (χ3v) is 6.51. The van der Waals surface area contributed by atoms with Crippen molar-refractivity contribution in [2.75, 3.05) is 0 Å². The molecule has 192 valence electrons. The molecule has 2 aromatic carbocycles. The van der Waals surface area contributed by atoms with Crippen LogP contribution >= 0.6 is 0 Å². The van der Waals surface area contributed by atoms with Gasteiger partial charge in [0.2, 0.25) is 0 Å². The highest BCUT2D eigenvalue weighted by Crippen LogP contribution is 2.40. The van der Waals surface area contributed by atoms with Crippen LogP contribution in [0.2, 0.25) is 0 Å². The second-order valence-corrected chi connectivity index (χ2v) is 9.29. The maximum Gasteiger partial charge on any atom is 0.308 e. The maximum absolute atomic E-state index is 11.9. The number of hydrogen-bond acceptors (Lipinski definition) is 7. The van der Waals surface area contributed by atoms with Crippen LogP contribution in [0, 0.1) is 27.7 Å². The fourth-order valence-corrected chi connectivity index (χ4v) is 4.60. The van der Waals surface area contributed by atoms with Gasteiger partial charge in [-0.25, -0.2) is 0 Å². The van der Waals surface area contributed by atoms with E-state index in [1.54, 1.807) is 0 Å². The average molecular weight is 501 g/mol. The quantitative estimate of drug-likeness (QED) is 0.270.